The number of alkyl halides is 3. The second-order valence-electron chi connectivity index (χ2n) is 8.84. The Hall–Kier alpha value is -2.29. The molecular weight excluding hydrogens is 395 g/mol. The van der Waals surface area contributed by atoms with E-state index < -0.39 is 11.7 Å². The lowest BCUT2D eigenvalue weighted by Gasteiger charge is -2.26. The lowest BCUT2D eigenvalue weighted by molar-refractivity contribution is -0.137. The number of benzene rings is 1. The summed E-state index contributed by atoms with van der Waals surface area (Å²) < 4.78 is 40.2. The fraction of sp³-hybridized carbons (Fsp3) is 0.619. The molecule has 4 aliphatic rings. The van der Waals surface area contributed by atoms with Gasteiger partial charge in [-0.05, 0) is 31.5 Å². The molecule has 0 saturated carbocycles. The topological polar surface area (TPSA) is 60.0 Å². The first-order valence-electron chi connectivity index (χ1n) is 10.7. The summed E-state index contributed by atoms with van der Waals surface area (Å²) in [6.07, 6.45) is -2.31. The summed E-state index contributed by atoms with van der Waals surface area (Å²) in [7, 11) is 0. The number of fused-ring (bicyclic) bond motifs is 2. The third-order valence-electron chi connectivity index (χ3n) is 6.96. The Balaban J connectivity index is 1.25. The van der Waals surface area contributed by atoms with E-state index in [1.807, 2.05) is 9.80 Å². The monoisotopic (exact) mass is 421 g/mol. The van der Waals surface area contributed by atoms with Crippen molar-refractivity contribution in [3.05, 3.63) is 29.8 Å². The Kier molecular flexibility index (Phi) is 4.88. The summed E-state index contributed by atoms with van der Waals surface area (Å²) in [4.78, 5) is 16.8. The number of amides is 1. The third kappa shape index (κ3) is 3.42. The van der Waals surface area contributed by atoms with Crippen LogP contribution in [-0.2, 0) is 11.0 Å². The van der Waals surface area contributed by atoms with E-state index in [4.69, 9.17) is 0 Å². The summed E-state index contributed by atoms with van der Waals surface area (Å²) in [5.74, 6) is 0.451. The highest BCUT2D eigenvalue weighted by Crippen LogP contribution is 2.41. The minimum Gasteiger partial charge on any atom is -0.370 e. The quantitative estimate of drug-likeness (QED) is 0.766. The van der Waals surface area contributed by atoms with E-state index in [0.29, 0.717) is 31.9 Å². The number of carbonyl (C=O) groups excluding carboxylic acids is 1. The Morgan fingerprint density at radius 1 is 1.10 bits per heavy atom. The van der Waals surface area contributed by atoms with Gasteiger partial charge in [-0.2, -0.15) is 18.3 Å². The van der Waals surface area contributed by atoms with Gasteiger partial charge in [0.15, 0.2) is 0 Å². The molecule has 1 amide bonds. The largest absolute Gasteiger partial charge is 0.418 e. The second kappa shape index (κ2) is 7.44. The number of halogens is 3. The highest BCUT2D eigenvalue weighted by molar-refractivity contribution is 6.40. The Labute approximate surface area is 173 Å². The van der Waals surface area contributed by atoms with Crippen LogP contribution in [0.15, 0.2) is 29.4 Å². The van der Waals surface area contributed by atoms with Crippen LogP contribution >= 0.6 is 0 Å². The van der Waals surface area contributed by atoms with E-state index in [2.05, 4.69) is 15.8 Å². The SMILES string of the molecule is O=C(C1=NNC2CCCNCC12)N1C[C@@H]2CN(c3ccccc3C(F)(F)F)C[C@@H]2C1. The van der Waals surface area contributed by atoms with Gasteiger partial charge in [0.25, 0.3) is 5.91 Å². The van der Waals surface area contributed by atoms with Crippen molar-refractivity contribution >= 4 is 17.3 Å². The molecular formula is C21H26F3N5O. The van der Waals surface area contributed by atoms with Crippen LogP contribution in [-0.4, -0.2) is 61.8 Å². The van der Waals surface area contributed by atoms with E-state index in [1.165, 1.54) is 6.07 Å². The van der Waals surface area contributed by atoms with Gasteiger partial charge in [0.05, 0.1) is 11.6 Å². The van der Waals surface area contributed by atoms with Crippen LogP contribution < -0.4 is 15.6 Å². The standard InChI is InChI=1S/C21H26F3N5O/c22-21(23,24)16-4-1-2-6-18(16)28-9-13-11-29(12-14(13)10-28)20(30)19-15-8-25-7-3-5-17(15)26-27-19/h1-2,4,6,13-15,17,25-26H,3,5,7-12H2/t13-,14+,15?,17?. The zero-order valence-electron chi connectivity index (χ0n) is 16.7. The molecule has 6 nitrogen and oxygen atoms in total. The molecule has 0 radical (unpaired) electrons. The average molecular weight is 421 g/mol. The molecule has 3 saturated heterocycles. The van der Waals surface area contributed by atoms with Gasteiger partial charge in [0, 0.05) is 56.2 Å². The van der Waals surface area contributed by atoms with Gasteiger partial charge in [-0.3, -0.25) is 4.79 Å². The number of hydrazone groups is 1. The summed E-state index contributed by atoms with van der Waals surface area (Å²) in [5, 5.41) is 7.75. The number of likely N-dealkylation sites (tertiary alicyclic amines) is 1. The highest BCUT2D eigenvalue weighted by Gasteiger charge is 2.46. The molecule has 2 N–H and O–H groups in total. The van der Waals surface area contributed by atoms with Crippen LogP contribution in [0.3, 0.4) is 0 Å². The maximum atomic E-state index is 13.4. The first-order valence-corrected chi connectivity index (χ1v) is 10.7. The first kappa shape index (κ1) is 19.7. The average Bonchev–Trinajstić information content (AvgIpc) is 3.36. The van der Waals surface area contributed by atoms with E-state index in [-0.39, 0.29) is 35.4 Å². The van der Waals surface area contributed by atoms with Crippen LogP contribution in [0.4, 0.5) is 18.9 Å². The zero-order valence-corrected chi connectivity index (χ0v) is 16.7. The Bertz CT molecular complexity index is 843. The molecule has 0 aromatic heterocycles. The molecule has 9 heteroatoms. The second-order valence-corrected chi connectivity index (χ2v) is 8.84. The van der Waals surface area contributed by atoms with Gasteiger partial charge in [0.1, 0.15) is 5.71 Å². The number of hydrogen-bond donors (Lipinski definition) is 2. The molecule has 1 aromatic carbocycles. The fourth-order valence-electron chi connectivity index (χ4n) is 5.44. The van der Waals surface area contributed by atoms with Crippen molar-refractivity contribution in [3.63, 3.8) is 0 Å². The smallest absolute Gasteiger partial charge is 0.370 e. The molecule has 0 bridgehead atoms. The molecule has 0 spiro atoms. The maximum Gasteiger partial charge on any atom is 0.418 e. The predicted molar refractivity (Wildman–Crippen MR) is 107 cm³/mol. The lowest BCUT2D eigenvalue weighted by atomic mass is 9.93. The molecule has 1 aromatic rings. The van der Waals surface area contributed by atoms with Crippen molar-refractivity contribution in [2.45, 2.75) is 25.1 Å². The first-order chi connectivity index (χ1) is 14.4. The van der Waals surface area contributed by atoms with Crippen LogP contribution in [0.1, 0.15) is 18.4 Å². The minimum absolute atomic E-state index is 0.0182. The molecule has 4 atom stereocenters. The summed E-state index contributed by atoms with van der Waals surface area (Å²) in [6.45, 7) is 3.96. The maximum absolute atomic E-state index is 13.4. The van der Waals surface area contributed by atoms with E-state index in [1.54, 1.807) is 12.1 Å². The minimum atomic E-state index is -4.37. The molecule has 30 heavy (non-hydrogen) atoms. The number of nitrogens with zero attached hydrogens (tertiary/aromatic N) is 3. The number of hydrogen-bond acceptors (Lipinski definition) is 5. The molecule has 0 aliphatic carbocycles. The van der Waals surface area contributed by atoms with Crippen LogP contribution in [0.25, 0.3) is 0 Å². The number of carbonyl (C=O) groups is 1. The number of para-hydroxylation sites is 1. The van der Waals surface area contributed by atoms with Crippen molar-refractivity contribution in [2.75, 3.05) is 44.2 Å². The van der Waals surface area contributed by atoms with E-state index in [0.717, 1.165) is 32.0 Å². The van der Waals surface area contributed by atoms with Gasteiger partial charge in [-0.1, -0.05) is 12.1 Å². The Morgan fingerprint density at radius 3 is 2.57 bits per heavy atom. The van der Waals surface area contributed by atoms with Crippen LogP contribution in [0.5, 0.6) is 0 Å². The molecule has 5 rings (SSSR count). The molecule has 4 aliphatic heterocycles. The van der Waals surface area contributed by atoms with Crippen molar-refractivity contribution in [3.8, 4) is 0 Å². The number of rotatable bonds is 2. The van der Waals surface area contributed by atoms with Gasteiger partial charge in [-0.25, -0.2) is 0 Å². The van der Waals surface area contributed by atoms with Gasteiger partial charge >= 0.3 is 6.18 Å². The summed E-state index contributed by atoms with van der Waals surface area (Å²) in [5.41, 5.74) is 3.40. The van der Waals surface area contributed by atoms with Crippen molar-refractivity contribution in [1.82, 2.24) is 15.6 Å². The molecule has 4 heterocycles. The van der Waals surface area contributed by atoms with Gasteiger partial charge in [0.2, 0.25) is 0 Å². The molecule has 3 fully saturated rings. The normalized spacial score (nSPS) is 31.1. The summed E-state index contributed by atoms with van der Waals surface area (Å²) >= 11 is 0. The van der Waals surface area contributed by atoms with Crippen molar-refractivity contribution in [2.24, 2.45) is 22.9 Å². The number of anilines is 1. The molecule has 162 valence electrons. The zero-order chi connectivity index (χ0) is 20.9. The Morgan fingerprint density at radius 2 is 1.83 bits per heavy atom. The van der Waals surface area contributed by atoms with E-state index >= 15 is 0 Å². The fourth-order valence-corrected chi connectivity index (χ4v) is 5.44. The van der Waals surface area contributed by atoms with E-state index in [9.17, 15) is 18.0 Å². The van der Waals surface area contributed by atoms with Gasteiger partial charge in [-0.15, -0.1) is 0 Å². The van der Waals surface area contributed by atoms with Crippen LogP contribution in [0, 0.1) is 17.8 Å². The number of nitrogens with one attached hydrogen (secondary N) is 2. The third-order valence-corrected chi connectivity index (χ3v) is 6.96. The highest BCUT2D eigenvalue weighted by atomic mass is 19.4. The lowest BCUT2D eigenvalue weighted by Crippen LogP contribution is -2.43. The summed E-state index contributed by atoms with van der Waals surface area (Å²) in [6, 6.07) is 5.98. The van der Waals surface area contributed by atoms with Crippen molar-refractivity contribution in [1.29, 1.82) is 0 Å². The molecule has 2 unspecified atom stereocenters. The van der Waals surface area contributed by atoms with Crippen molar-refractivity contribution < 1.29 is 18.0 Å². The van der Waals surface area contributed by atoms with Crippen LogP contribution in [0.2, 0.25) is 0 Å². The predicted octanol–water partition coefficient (Wildman–Crippen LogP) is 1.93. The van der Waals surface area contributed by atoms with Gasteiger partial charge < -0.3 is 20.5 Å².